The van der Waals surface area contributed by atoms with Crippen molar-refractivity contribution in [3.63, 3.8) is 0 Å². The van der Waals surface area contributed by atoms with Crippen LogP contribution in [0.15, 0.2) is 18.2 Å². The van der Waals surface area contributed by atoms with Gasteiger partial charge in [0, 0.05) is 20.1 Å². The second kappa shape index (κ2) is 4.73. The van der Waals surface area contributed by atoms with Gasteiger partial charge in [0.2, 0.25) is 5.91 Å². The molecule has 1 fully saturated rings. The third-order valence-corrected chi connectivity index (χ3v) is 4.04. The first kappa shape index (κ1) is 13.1. The van der Waals surface area contributed by atoms with Crippen molar-refractivity contribution < 1.29 is 4.79 Å². The van der Waals surface area contributed by atoms with Crippen molar-refractivity contribution in [2.24, 2.45) is 11.1 Å². The van der Waals surface area contributed by atoms with Crippen LogP contribution in [0.3, 0.4) is 0 Å². The summed E-state index contributed by atoms with van der Waals surface area (Å²) in [5, 5.41) is 0. The molecule has 1 amide bonds. The Kier molecular flexibility index (Phi) is 3.44. The van der Waals surface area contributed by atoms with E-state index in [0.29, 0.717) is 13.1 Å². The molecular weight excluding hydrogens is 224 g/mol. The van der Waals surface area contributed by atoms with Crippen LogP contribution in [0, 0.1) is 19.3 Å². The van der Waals surface area contributed by atoms with Gasteiger partial charge in [-0.25, -0.2) is 0 Å². The molecule has 1 aliphatic rings. The largest absolute Gasteiger partial charge is 0.341 e. The Labute approximate surface area is 109 Å². The Morgan fingerprint density at radius 3 is 2.50 bits per heavy atom. The van der Waals surface area contributed by atoms with Gasteiger partial charge in [-0.2, -0.15) is 0 Å². The lowest BCUT2D eigenvalue weighted by atomic mass is 10.0. The topological polar surface area (TPSA) is 46.3 Å². The van der Waals surface area contributed by atoms with E-state index in [-0.39, 0.29) is 11.3 Å². The number of rotatable bonds is 4. The standard InChI is InChI=1S/C15H22N2O/c1-11-4-5-13(8-12(11)2)9-17(3)14(18)15(10-16)6-7-15/h4-5,8H,6-7,9-10,16H2,1-3H3. The highest BCUT2D eigenvalue weighted by atomic mass is 16.2. The number of carbonyl (C=O) groups is 1. The minimum Gasteiger partial charge on any atom is -0.341 e. The average molecular weight is 246 g/mol. The van der Waals surface area contributed by atoms with Crippen LogP contribution in [-0.2, 0) is 11.3 Å². The molecule has 18 heavy (non-hydrogen) atoms. The van der Waals surface area contributed by atoms with Gasteiger partial charge in [0.25, 0.3) is 0 Å². The van der Waals surface area contributed by atoms with Gasteiger partial charge in [0.05, 0.1) is 5.41 Å². The van der Waals surface area contributed by atoms with Crippen LogP contribution >= 0.6 is 0 Å². The number of benzene rings is 1. The molecular formula is C15H22N2O. The first-order valence-electron chi connectivity index (χ1n) is 6.50. The van der Waals surface area contributed by atoms with E-state index >= 15 is 0 Å². The molecule has 3 heteroatoms. The van der Waals surface area contributed by atoms with E-state index in [1.165, 1.54) is 16.7 Å². The summed E-state index contributed by atoms with van der Waals surface area (Å²) in [5.74, 6) is 0.197. The summed E-state index contributed by atoms with van der Waals surface area (Å²) in [4.78, 5) is 14.1. The number of carbonyl (C=O) groups excluding carboxylic acids is 1. The summed E-state index contributed by atoms with van der Waals surface area (Å²) in [6.07, 6.45) is 1.89. The maximum Gasteiger partial charge on any atom is 0.230 e. The predicted octanol–water partition coefficient (Wildman–Crippen LogP) is 2.00. The smallest absolute Gasteiger partial charge is 0.230 e. The predicted molar refractivity (Wildman–Crippen MR) is 73.1 cm³/mol. The summed E-state index contributed by atoms with van der Waals surface area (Å²) >= 11 is 0. The van der Waals surface area contributed by atoms with Gasteiger partial charge in [0.15, 0.2) is 0 Å². The van der Waals surface area contributed by atoms with E-state index in [1.807, 2.05) is 11.9 Å². The highest BCUT2D eigenvalue weighted by Crippen LogP contribution is 2.46. The molecule has 3 nitrogen and oxygen atoms in total. The van der Waals surface area contributed by atoms with Gasteiger partial charge in [-0.05, 0) is 43.4 Å². The molecule has 1 aliphatic carbocycles. The van der Waals surface area contributed by atoms with Crippen molar-refractivity contribution in [3.05, 3.63) is 34.9 Å². The molecule has 0 radical (unpaired) electrons. The quantitative estimate of drug-likeness (QED) is 0.883. The van der Waals surface area contributed by atoms with E-state index < -0.39 is 0 Å². The van der Waals surface area contributed by atoms with Gasteiger partial charge >= 0.3 is 0 Å². The van der Waals surface area contributed by atoms with Gasteiger partial charge in [0.1, 0.15) is 0 Å². The summed E-state index contributed by atoms with van der Waals surface area (Å²) in [6, 6.07) is 6.36. The van der Waals surface area contributed by atoms with E-state index in [1.54, 1.807) is 0 Å². The van der Waals surface area contributed by atoms with Crippen molar-refractivity contribution in [1.29, 1.82) is 0 Å². The van der Waals surface area contributed by atoms with Crippen LogP contribution in [0.25, 0.3) is 0 Å². The summed E-state index contributed by atoms with van der Waals surface area (Å²) < 4.78 is 0. The molecule has 0 heterocycles. The van der Waals surface area contributed by atoms with Crippen LogP contribution in [0.1, 0.15) is 29.5 Å². The van der Waals surface area contributed by atoms with Crippen LogP contribution in [0.5, 0.6) is 0 Å². The molecule has 1 saturated carbocycles. The molecule has 1 aromatic rings. The average Bonchev–Trinajstić information content (AvgIpc) is 3.14. The van der Waals surface area contributed by atoms with E-state index in [9.17, 15) is 4.79 Å². The minimum atomic E-state index is -0.242. The first-order chi connectivity index (χ1) is 8.48. The Bertz CT molecular complexity index is 464. The zero-order valence-electron chi connectivity index (χ0n) is 11.5. The fraction of sp³-hybridized carbons (Fsp3) is 0.533. The highest BCUT2D eigenvalue weighted by Gasteiger charge is 2.49. The fourth-order valence-corrected chi connectivity index (χ4v) is 2.31. The molecule has 0 aromatic heterocycles. The number of hydrogen-bond acceptors (Lipinski definition) is 2. The summed E-state index contributed by atoms with van der Waals surface area (Å²) in [6.45, 7) is 5.34. The maximum absolute atomic E-state index is 12.3. The Balaban J connectivity index is 2.05. The number of hydrogen-bond donors (Lipinski definition) is 1. The number of aryl methyl sites for hydroxylation is 2. The van der Waals surface area contributed by atoms with Gasteiger partial charge in [-0.15, -0.1) is 0 Å². The third kappa shape index (κ3) is 2.41. The van der Waals surface area contributed by atoms with E-state index in [4.69, 9.17) is 5.73 Å². The van der Waals surface area contributed by atoms with Crippen LogP contribution < -0.4 is 5.73 Å². The first-order valence-corrected chi connectivity index (χ1v) is 6.50. The SMILES string of the molecule is Cc1ccc(CN(C)C(=O)C2(CN)CC2)cc1C. The lowest BCUT2D eigenvalue weighted by molar-refractivity contribution is -0.135. The van der Waals surface area contributed by atoms with Gasteiger partial charge < -0.3 is 10.6 Å². The molecule has 2 rings (SSSR count). The Hall–Kier alpha value is -1.35. The zero-order valence-corrected chi connectivity index (χ0v) is 11.5. The van der Waals surface area contributed by atoms with E-state index in [2.05, 4.69) is 32.0 Å². The van der Waals surface area contributed by atoms with Crippen molar-refractivity contribution >= 4 is 5.91 Å². The van der Waals surface area contributed by atoms with Crippen LogP contribution in [-0.4, -0.2) is 24.4 Å². The molecule has 1 aromatic carbocycles. The molecule has 0 saturated heterocycles. The normalized spacial score (nSPS) is 16.4. The molecule has 2 N–H and O–H groups in total. The molecule has 0 unspecified atom stereocenters. The lowest BCUT2D eigenvalue weighted by Crippen LogP contribution is -2.37. The van der Waals surface area contributed by atoms with Crippen molar-refractivity contribution in [2.45, 2.75) is 33.2 Å². The maximum atomic E-state index is 12.3. The lowest BCUT2D eigenvalue weighted by Gasteiger charge is -2.23. The zero-order chi connectivity index (χ0) is 13.3. The Morgan fingerprint density at radius 1 is 1.33 bits per heavy atom. The summed E-state index contributed by atoms with van der Waals surface area (Å²) in [7, 11) is 1.87. The number of amides is 1. The van der Waals surface area contributed by atoms with Crippen molar-refractivity contribution in [1.82, 2.24) is 4.90 Å². The highest BCUT2D eigenvalue weighted by molar-refractivity contribution is 5.85. The molecule has 98 valence electrons. The van der Waals surface area contributed by atoms with Crippen LogP contribution in [0.2, 0.25) is 0 Å². The summed E-state index contributed by atoms with van der Waals surface area (Å²) in [5.41, 5.74) is 9.20. The van der Waals surface area contributed by atoms with Crippen molar-refractivity contribution in [3.8, 4) is 0 Å². The third-order valence-electron chi connectivity index (χ3n) is 4.04. The molecule has 0 aliphatic heterocycles. The molecule has 0 bridgehead atoms. The van der Waals surface area contributed by atoms with Crippen molar-refractivity contribution in [2.75, 3.05) is 13.6 Å². The van der Waals surface area contributed by atoms with Gasteiger partial charge in [-0.1, -0.05) is 18.2 Å². The number of nitrogens with two attached hydrogens (primary N) is 1. The van der Waals surface area contributed by atoms with E-state index in [0.717, 1.165) is 12.8 Å². The molecule has 0 atom stereocenters. The van der Waals surface area contributed by atoms with Gasteiger partial charge in [-0.3, -0.25) is 4.79 Å². The Morgan fingerprint density at radius 2 is 2.00 bits per heavy atom. The fourth-order valence-electron chi connectivity index (χ4n) is 2.31. The second-order valence-electron chi connectivity index (χ2n) is 5.56. The minimum absolute atomic E-state index is 0.197. The van der Waals surface area contributed by atoms with Crippen LogP contribution in [0.4, 0.5) is 0 Å². The second-order valence-corrected chi connectivity index (χ2v) is 5.56. The number of nitrogens with zero attached hydrogens (tertiary/aromatic N) is 1. The molecule has 0 spiro atoms. The monoisotopic (exact) mass is 246 g/mol.